The van der Waals surface area contributed by atoms with E-state index < -0.39 is 0 Å². The third-order valence-electron chi connectivity index (χ3n) is 5.54. The number of aryl methyl sites for hydroxylation is 1. The fraction of sp³-hybridized carbons (Fsp3) is 0.409. The molecule has 7 heteroatoms. The standard InChI is InChI=1S/C22H25N3O4/c1-14-19-17(23-24-21(26)15-7-5-8-16(13-15)28-2)9-6-10-18(19)29-20(14)22(27)25-11-3-4-12-25/h5,7-8,13H,3-4,6,9-12H2,1-2H3,(H,24,26)/b23-17+. The van der Waals surface area contributed by atoms with E-state index in [0.29, 0.717) is 17.1 Å². The average Bonchev–Trinajstić information content (AvgIpc) is 3.40. The molecule has 0 bridgehead atoms. The van der Waals surface area contributed by atoms with Crippen LogP contribution in [0.5, 0.6) is 5.75 Å². The number of benzene rings is 1. The van der Waals surface area contributed by atoms with E-state index >= 15 is 0 Å². The van der Waals surface area contributed by atoms with Crippen LogP contribution in [-0.4, -0.2) is 42.6 Å². The first kappa shape index (κ1) is 19.2. The summed E-state index contributed by atoms with van der Waals surface area (Å²) in [6.07, 6.45) is 4.43. The molecule has 0 unspecified atom stereocenters. The van der Waals surface area contributed by atoms with Gasteiger partial charge in [0.15, 0.2) is 5.76 Å². The summed E-state index contributed by atoms with van der Waals surface area (Å²) >= 11 is 0. The molecular formula is C22H25N3O4. The highest BCUT2D eigenvalue weighted by atomic mass is 16.5. The summed E-state index contributed by atoms with van der Waals surface area (Å²) in [5.41, 5.74) is 5.54. The Morgan fingerprint density at radius 3 is 2.72 bits per heavy atom. The van der Waals surface area contributed by atoms with Gasteiger partial charge in [-0.2, -0.15) is 5.10 Å². The van der Waals surface area contributed by atoms with Crippen LogP contribution in [0.4, 0.5) is 0 Å². The quantitative estimate of drug-likeness (QED) is 0.805. The Morgan fingerprint density at radius 2 is 1.97 bits per heavy atom. The molecule has 7 nitrogen and oxygen atoms in total. The summed E-state index contributed by atoms with van der Waals surface area (Å²) < 4.78 is 11.1. The number of fused-ring (bicyclic) bond motifs is 1. The lowest BCUT2D eigenvalue weighted by molar-refractivity contribution is 0.0758. The van der Waals surface area contributed by atoms with Crippen molar-refractivity contribution in [3.63, 3.8) is 0 Å². The number of rotatable bonds is 4. The van der Waals surface area contributed by atoms with Crippen molar-refractivity contribution in [2.45, 2.75) is 39.0 Å². The molecule has 1 aromatic heterocycles. The molecule has 1 aliphatic carbocycles. The second-order valence-corrected chi connectivity index (χ2v) is 7.44. The van der Waals surface area contributed by atoms with Gasteiger partial charge in [-0.05, 0) is 50.8 Å². The van der Waals surface area contributed by atoms with Crippen LogP contribution in [0.15, 0.2) is 33.8 Å². The van der Waals surface area contributed by atoms with Gasteiger partial charge in [0.1, 0.15) is 11.5 Å². The van der Waals surface area contributed by atoms with Gasteiger partial charge in [0.05, 0.1) is 12.8 Å². The topological polar surface area (TPSA) is 84.1 Å². The molecule has 2 amide bonds. The van der Waals surface area contributed by atoms with Gasteiger partial charge < -0.3 is 14.1 Å². The molecule has 1 aromatic carbocycles. The number of likely N-dealkylation sites (tertiary alicyclic amines) is 1. The molecule has 0 saturated carbocycles. The van der Waals surface area contributed by atoms with E-state index in [2.05, 4.69) is 10.5 Å². The lowest BCUT2D eigenvalue weighted by Crippen LogP contribution is -2.27. The van der Waals surface area contributed by atoms with Crippen molar-refractivity contribution in [3.8, 4) is 5.75 Å². The minimum Gasteiger partial charge on any atom is -0.497 e. The second kappa shape index (κ2) is 8.11. The monoisotopic (exact) mass is 395 g/mol. The number of nitrogens with zero attached hydrogens (tertiary/aromatic N) is 2. The fourth-order valence-corrected chi connectivity index (χ4v) is 4.00. The number of nitrogens with one attached hydrogen (secondary N) is 1. The van der Waals surface area contributed by atoms with Gasteiger partial charge >= 0.3 is 0 Å². The Hall–Kier alpha value is -3.09. The highest BCUT2D eigenvalue weighted by Gasteiger charge is 2.31. The van der Waals surface area contributed by atoms with Gasteiger partial charge in [-0.15, -0.1) is 0 Å². The summed E-state index contributed by atoms with van der Waals surface area (Å²) in [6.45, 7) is 3.46. The Labute approximate surface area is 169 Å². The summed E-state index contributed by atoms with van der Waals surface area (Å²) in [5.74, 6) is 1.45. The maximum absolute atomic E-state index is 12.8. The van der Waals surface area contributed by atoms with E-state index in [4.69, 9.17) is 9.15 Å². The number of methoxy groups -OCH3 is 1. The first-order valence-corrected chi connectivity index (χ1v) is 10.0. The number of hydrogen-bond acceptors (Lipinski definition) is 5. The number of carbonyl (C=O) groups is 2. The van der Waals surface area contributed by atoms with Gasteiger partial charge in [0.25, 0.3) is 11.8 Å². The summed E-state index contributed by atoms with van der Waals surface area (Å²) in [5, 5.41) is 4.38. The predicted molar refractivity (Wildman–Crippen MR) is 109 cm³/mol. The van der Waals surface area contributed by atoms with Gasteiger partial charge in [-0.3, -0.25) is 9.59 Å². The van der Waals surface area contributed by atoms with Crippen LogP contribution in [-0.2, 0) is 6.42 Å². The van der Waals surface area contributed by atoms with Crippen LogP contribution in [0.1, 0.15) is 63.5 Å². The highest BCUT2D eigenvalue weighted by molar-refractivity contribution is 6.07. The second-order valence-electron chi connectivity index (χ2n) is 7.44. The first-order valence-electron chi connectivity index (χ1n) is 10.0. The molecule has 0 spiro atoms. The van der Waals surface area contributed by atoms with E-state index in [-0.39, 0.29) is 11.8 Å². The Balaban J connectivity index is 1.57. The minimum absolute atomic E-state index is 0.0471. The third kappa shape index (κ3) is 3.77. The molecule has 2 aliphatic rings. The number of amides is 2. The molecule has 2 aromatic rings. The zero-order chi connectivity index (χ0) is 20.4. The normalized spacial score (nSPS) is 17.3. The largest absolute Gasteiger partial charge is 0.497 e. The van der Waals surface area contributed by atoms with Crippen molar-refractivity contribution in [1.82, 2.24) is 10.3 Å². The van der Waals surface area contributed by atoms with Gasteiger partial charge in [-0.25, -0.2) is 5.43 Å². The maximum atomic E-state index is 12.8. The van der Waals surface area contributed by atoms with E-state index in [9.17, 15) is 9.59 Å². The smallest absolute Gasteiger partial charge is 0.289 e. The highest BCUT2D eigenvalue weighted by Crippen LogP contribution is 2.31. The Morgan fingerprint density at radius 1 is 1.17 bits per heavy atom. The fourth-order valence-electron chi connectivity index (χ4n) is 4.00. The van der Waals surface area contributed by atoms with Crippen LogP contribution in [0.3, 0.4) is 0 Å². The van der Waals surface area contributed by atoms with E-state index in [0.717, 1.165) is 67.8 Å². The van der Waals surface area contributed by atoms with Crippen molar-refractivity contribution in [2.75, 3.05) is 20.2 Å². The Kier molecular flexibility index (Phi) is 5.38. The molecule has 152 valence electrons. The van der Waals surface area contributed by atoms with Crippen LogP contribution < -0.4 is 10.2 Å². The van der Waals surface area contributed by atoms with Crippen LogP contribution >= 0.6 is 0 Å². The average molecular weight is 395 g/mol. The van der Waals surface area contributed by atoms with Crippen LogP contribution in [0, 0.1) is 6.92 Å². The number of hydrogen-bond donors (Lipinski definition) is 1. The molecule has 1 saturated heterocycles. The third-order valence-corrected chi connectivity index (χ3v) is 5.54. The van der Waals surface area contributed by atoms with Crippen molar-refractivity contribution >= 4 is 17.5 Å². The number of carbonyl (C=O) groups excluding carboxylic acids is 2. The van der Waals surface area contributed by atoms with Gasteiger partial charge in [0, 0.05) is 36.2 Å². The summed E-state index contributed by atoms with van der Waals surface area (Å²) in [4.78, 5) is 27.1. The first-order chi connectivity index (χ1) is 14.1. The van der Waals surface area contributed by atoms with E-state index in [1.165, 1.54) is 0 Å². The number of hydrazone groups is 1. The molecule has 29 heavy (non-hydrogen) atoms. The predicted octanol–water partition coefficient (Wildman–Crippen LogP) is 3.30. The molecule has 4 rings (SSSR count). The molecule has 1 N–H and O–H groups in total. The number of ether oxygens (including phenoxy) is 1. The van der Waals surface area contributed by atoms with Crippen LogP contribution in [0.2, 0.25) is 0 Å². The molecule has 0 atom stereocenters. The zero-order valence-corrected chi connectivity index (χ0v) is 16.8. The molecule has 1 fully saturated rings. The van der Waals surface area contributed by atoms with Crippen LogP contribution in [0.25, 0.3) is 0 Å². The summed E-state index contributed by atoms with van der Waals surface area (Å²) in [7, 11) is 1.56. The molecule has 0 radical (unpaired) electrons. The van der Waals surface area contributed by atoms with Crippen molar-refractivity contribution < 1.29 is 18.7 Å². The molecule has 1 aliphatic heterocycles. The minimum atomic E-state index is -0.307. The van der Waals surface area contributed by atoms with Crippen molar-refractivity contribution in [2.24, 2.45) is 5.10 Å². The van der Waals surface area contributed by atoms with Gasteiger partial charge in [0.2, 0.25) is 0 Å². The summed E-state index contributed by atoms with van der Waals surface area (Å²) in [6, 6.07) is 6.91. The lowest BCUT2D eigenvalue weighted by Gasteiger charge is -2.14. The van der Waals surface area contributed by atoms with E-state index in [1.807, 2.05) is 11.8 Å². The zero-order valence-electron chi connectivity index (χ0n) is 16.8. The van der Waals surface area contributed by atoms with Crippen molar-refractivity contribution in [1.29, 1.82) is 0 Å². The number of furan rings is 1. The molecular weight excluding hydrogens is 370 g/mol. The lowest BCUT2D eigenvalue weighted by atomic mass is 9.93. The maximum Gasteiger partial charge on any atom is 0.289 e. The Bertz CT molecular complexity index is 970. The molecule has 2 heterocycles. The van der Waals surface area contributed by atoms with E-state index in [1.54, 1.807) is 31.4 Å². The van der Waals surface area contributed by atoms with Crippen molar-refractivity contribution in [3.05, 3.63) is 52.5 Å². The SMILES string of the molecule is COc1cccc(C(=O)N/N=C2\CCCc3oc(C(=O)N4CCCC4)c(C)c32)c1. The van der Waals surface area contributed by atoms with Gasteiger partial charge in [-0.1, -0.05) is 6.07 Å².